The number of aliphatic hydroxyl groups is 4. The largest absolute Gasteiger partial charge is 0.494 e. The molecule has 0 saturated carbocycles. The zero-order valence-electron chi connectivity index (χ0n) is 45.8. The number of hydrogen-bond donors (Lipinski definition) is 6. The van der Waals surface area contributed by atoms with Crippen LogP contribution in [0.4, 0.5) is 55.3 Å². The van der Waals surface area contributed by atoms with Gasteiger partial charge in [0.15, 0.2) is 12.1 Å². The summed E-state index contributed by atoms with van der Waals surface area (Å²) in [6.45, 7) is 0.826. The quantitative estimate of drug-likeness (QED) is 0.00535. The molecule has 6 rings (SSSR count). The Hall–Kier alpha value is -8.58. The maximum absolute atomic E-state index is 14.2. The van der Waals surface area contributed by atoms with Gasteiger partial charge in [-0.3, -0.25) is 9.59 Å². The number of carbonyl (C=O) groups is 4. The first-order chi connectivity index (χ1) is 40.3. The van der Waals surface area contributed by atoms with E-state index >= 15 is 0 Å². The van der Waals surface area contributed by atoms with E-state index in [2.05, 4.69) is 0 Å². The molecular formula is C62H60F10N2O12. The summed E-state index contributed by atoms with van der Waals surface area (Å²) >= 11 is 0. The Morgan fingerprint density at radius 1 is 0.500 bits per heavy atom. The van der Waals surface area contributed by atoms with Crippen LogP contribution in [0, 0.1) is 5.41 Å². The molecule has 0 radical (unpaired) electrons. The maximum atomic E-state index is 14.2. The first kappa shape index (κ1) is 68.2. The minimum Gasteiger partial charge on any atom is -0.494 e. The second-order valence-corrected chi connectivity index (χ2v) is 19.6. The fourth-order valence-electron chi connectivity index (χ4n) is 7.99. The number of halogens is 10. The summed E-state index contributed by atoms with van der Waals surface area (Å²) in [7, 11) is 0. The number of hydrogen-bond acceptors (Lipinski definition) is 14. The lowest BCUT2D eigenvalue weighted by molar-refractivity contribution is -0.284. The van der Waals surface area contributed by atoms with Gasteiger partial charge in [-0.05, 0) is 164 Å². The number of nitrogens with two attached hydrogens (primary N) is 2. The molecule has 0 bridgehead atoms. The zero-order chi connectivity index (χ0) is 63.5. The van der Waals surface area contributed by atoms with Gasteiger partial charge in [0.25, 0.3) is 0 Å². The van der Waals surface area contributed by atoms with Crippen molar-refractivity contribution in [2.24, 2.45) is 5.41 Å². The summed E-state index contributed by atoms with van der Waals surface area (Å²) in [4.78, 5) is 54.0. The molecule has 0 aromatic heterocycles. The molecule has 0 aliphatic carbocycles. The summed E-state index contributed by atoms with van der Waals surface area (Å²) in [5, 5.41) is 40.2. The number of anilines is 2. The summed E-state index contributed by atoms with van der Waals surface area (Å²) in [6.07, 6.45) is -12.4. The van der Waals surface area contributed by atoms with E-state index in [1.54, 1.807) is 55.5 Å². The van der Waals surface area contributed by atoms with Crippen LogP contribution < -0.4 is 30.4 Å². The molecule has 0 aliphatic rings. The number of carbonyl (C=O) groups excluding carboxylic acids is 4. The van der Waals surface area contributed by atoms with E-state index in [9.17, 15) is 73.3 Å². The topological polar surface area (TPSA) is 238 Å². The number of allylic oxidation sites excluding steroid dienone is 1. The van der Waals surface area contributed by atoms with Crippen LogP contribution in [0.5, 0.6) is 23.0 Å². The van der Waals surface area contributed by atoms with E-state index in [0.717, 1.165) is 6.08 Å². The van der Waals surface area contributed by atoms with Gasteiger partial charge in [0.05, 0.1) is 24.3 Å². The Bertz CT molecular complexity index is 3180. The average Bonchev–Trinajstić information content (AvgIpc) is 0.952. The molecule has 0 saturated heterocycles. The lowest BCUT2D eigenvalue weighted by Gasteiger charge is -2.42. The molecule has 0 fully saturated rings. The number of nitrogen functional groups attached to an aromatic ring is 2. The van der Waals surface area contributed by atoms with Crippen LogP contribution >= 0.6 is 0 Å². The fourth-order valence-corrected chi connectivity index (χ4v) is 7.99. The molecule has 6 aromatic carbocycles. The van der Waals surface area contributed by atoms with Crippen molar-refractivity contribution in [2.45, 2.75) is 94.6 Å². The summed E-state index contributed by atoms with van der Waals surface area (Å²) in [6, 6.07) is 34.8. The van der Waals surface area contributed by atoms with Crippen molar-refractivity contribution >= 4 is 47.0 Å². The van der Waals surface area contributed by atoms with Crippen LogP contribution in [-0.2, 0) is 22.4 Å². The van der Waals surface area contributed by atoms with Crippen molar-refractivity contribution in [3.05, 3.63) is 191 Å². The maximum Gasteiger partial charge on any atom is 0.453 e. The molecule has 8 N–H and O–H groups in total. The predicted octanol–water partition coefficient (Wildman–Crippen LogP) is 12.1. The number of esters is 2. The van der Waals surface area contributed by atoms with Crippen molar-refractivity contribution in [1.29, 1.82) is 0 Å². The Balaban J connectivity index is 0.00000259. The van der Waals surface area contributed by atoms with E-state index in [1.807, 2.05) is 0 Å². The highest BCUT2D eigenvalue weighted by atomic mass is 19.4. The normalized spacial score (nSPS) is 12.4. The van der Waals surface area contributed by atoms with Gasteiger partial charge in [-0.2, -0.15) is 43.9 Å². The predicted molar refractivity (Wildman–Crippen MR) is 297 cm³/mol. The highest BCUT2D eigenvalue weighted by Gasteiger charge is 2.58. The molecule has 24 heteroatoms. The van der Waals surface area contributed by atoms with Gasteiger partial charge < -0.3 is 50.8 Å². The minimum absolute atomic E-state index is 0.0398. The van der Waals surface area contributed by atoms with Crippen LogP contribution in [0.1, 0.15) is 88.4 Å². The molecule has 0 atom stereocenters. The van der Waals surface area contributed by atoms with E-state index in [0.29, 0.717) is 40.0 Å². The monoisotopic (exact) mass is 1210 g/mol. The number of benzene rings is 6. The number of ketones is 2. The van der Waals surface area contributed by atoms with E-state index < -0.39 is 111 Å². The number of rotatable bonds is 27. The second kappa shape index (κ2) is 30.0. The third-order valence-corrected chi connectivity index (χ3v) is 12.9. The van der Waals surface area contributed by atoms with Gasteiger partial charge in [-0.1, -0.05) is 67.6 Å². The molecule has 0 unspecified atom stereocenters. The van der Waals surface area contributed by atoms with Crippen molar-refractivity contribution in [3.63, 3.8) is 0 Å². The lowest BCUT2D eigenvalue weighted by Crippen LogP contribution is -2.57. The molecule has 460 valence electrons. The smallest absolute Gasteiger partial charge is 0.453 e. The van der Waals surface area contributed by atoms with Crippen LogP contribution in [0.3, 0.4) is 0 Å². The number of aliphatic hydroxyl groups excluding tert-OH is 1. The summed E-state index contributed by atoms with van der Waals surface area (Å²) < 4.78 is 149. The third kappa shape index (κ3) is 20.3. The van der Waals surface area contributed by atoms with Gasteiger partial charge in [-0.25, -0.2) is 9.59 Å². The Labute approximate surface area is 486 Å². The van der Waals surface area contributed by atoms with Crippen molar-refractivity contribution in [2.75, 3.05) is 24.7 Å². The van der Waals surface area contributed by atoms with Gasteiger partial charge in [0, 0.05) is 36.1 Å². The van der Waals surface area contributed by atoms with E-state index in [-0.39, 0.29) is 47.0 Å². The first-order valence-corrected chi connectivity index (χ1v) is 26.2. The Morgan fingerprint density at radius 3 is 1.17 bits per heavy atom. The van der Waals surface area contributed by atoms with Crippen LogP contribution in [-0.4, -0.2) is 93.4 Å². The highest BCUT2D eigenvalue weighted by Crippen LogP contribution is 2.44. The molecule has 6 aromatic rings. The lowest BCUT2D eigenvalue weighted by atomic mass is 9.65. The number of alkyl halides is 10. The molecule has 0 aliphatic heterocycles. The van der Waals surface area contributed by atoms with Gasteiger partial charge in [-0.15, -0.1) is 0 Å². The van der Waals surface area contributed by atoms with E-state index in [4.69, 9.17) is 40.6 Å². The SMILES string of the molecule is CCC(O)O.Nc1ccc(CC(CC(=O)/C=C/c2ccc(OC(=O)c3ccc(OCCCC(F)(F)C(F)(F)F)cc3)cc2)(Cc2ccc(N)cc2)C(O)(O)C(=O)/C=C/c2ccc(OC(=O)c3ccc(OCCCC(F)(F)C(F)(F)F)cc3)cc2)cc1. The Morgan fingerprint density at radius 2 is 0.837 bits per heavy atom. The summed E-state index contributed by atoms with van der Waals surface area (Å²) in [5.41, 5.74) is 12.6. The summed E-state index contributed by atoms with van der Waals surface area (Å²) in [5.74, 6) is -16.0. The van der Waals surface area contributed by atoms with Gasteiger partial charge in [0.1, 0.15) is 23.0 Å². The van der Waals surface area contributed by atoms with Crippen molar-refractivity contribution in [3.8, 4) is 23.0 Å². The van der Waals surface area contributed by atoms with Crippen LogP contribution in [0.25, 0.3) is 12.2 Å². The molecule has 0 heterocycles. The van der Waals surface area contributed by atoms with Crippen LogP contribution in [0.2, 0.25) is 0 Å². The van der Waals surface area contributed by atoms with Crippen molar-refractivity contribution in [1.82, 2.24) is 0 Å². The van der Waals surface area contributed by atoms with Gasteiger partial charge >= 0.3 is 36.1 Å². The average molecular weight is 1220 g/mol. The van der Waals surface area contributed by atoms with Gasteiger partial charge in [0.2, 0.25) is 11.6 Å². The highest BCUT2D eigenvalue weighted by molar-refractivity contribution is 6.01. The first-order valence-electron chi connectivity index (χ1n) is 26.2. The molecule has 0 amide bonds. The van der Waals surface area contributed by atoms with E-state index in [1.165, 1.54) is 115 Å². The zero-order valence-corrected chi connectivity index (χ0v) is 45.8. The molecular weight excluding hydrogens is 1150 g/mol. The molecule has 0 spiro atoms. The molecule has 86 heavy (non-hydrogen) atoms. The standard InChI is InChI=1S/C59H52F10N2O10.C3H8O2/c60-55(61,58(64,65)66)31-1-33-78-47-26-13-42(14-27-47)52(74)80-49-22-8-38(9-23-49)7-21-46(72)37-54(35-40-3-17-44(70)18-4-40,36-41-5-19-45(71)20-6-41)57(76,77)51(73)30-12-39-10-24-50(25-11-39)81-53(75)43-15-28-48(29-16-43)79-34-2-32-56(62,63)59(67,68)69;1-2-3(4)5/h3-30,76-77H,1-2,31-37,70-71H2;3-5H,2H2,1H3/b21-7+,30-12+;. The second-order valence-electron chi connectivity index (χ2n) is 19.6. The Kier molecular flexibility index (Phi) is 23.8. The number of ether oxygens (including phenoxy) is 4. The van der Waals surface area contributed by atoms with Crippen molar-refractivity contribution < 1.29 is 102 Å². The minimum atomic E-state index is -5.68. The van der Waals surface area contributed by atoms with Crippen LogP contribution in [0.15, 0.2) is 158 Å². The fraction of sp³-hybridized carbons (Fsp3) is 0.290. The third-order valence-electron chi connectivity index (χ3n) is 12.9. The molecule has 14 nitrogen and oxygen atoms in total.